The van der Waals surface area contributed by atoms with Crippen LogP contribution in [0.4, 0.5) is 14.5 Å². The molecule has 2 unspecified atom stereocenters. The van der Waals surface area contributed by atoms with E-state index in [4.69, 9.17) is 9.84 Å². The molecule has 0 bridgehead atoms. The Kier molecular flexibility index (Phi) is 3.99. The van der Waals surface area contributed by atoms with Crippen LogP contribution in [0.15, 0.2) is 12.1 Å². The summed E-state index contributed by atoms with van der Waals surface area (Å²) in [7, 11) is 1.56. The first kappa shape index (κ1) is 13.7. The van der Waals surface area contributed by atoms with Gasteiger partial charge in [0.1, 0.15) is 17.3 Å². The summed E-state index contributed by atoms with van der Waals surface area (Å²) in [6, 6.07) is 1.46. The number of halogens is 2. The third-order valence-corrected chi connectivity index (χ3v) is 3.37. The monoisotopic (exact) mass is 271 g/mol. The number of hydrogen-bond donors (Lipinski definition) is 2. The summed E-state index contributed by atoms with van der Waals surface area (Å²) in [5, 5.41) is 11.5. The first-order valence-corrected chi connectivity index (χ1v) is 6.04. The minimum atomic E-state index is -1.36. The van der Waals surface area contributed by atoms with Crippen LogP contribution < -0.4 is 5.32 Å². The van der Waals surface area contributed by atoms with E-state index in [1.807, 2.05) is 0 Å². The summed E-state index contributed by atoms with van der Waals surface area (Å²) in [6.07, 6.45) is 2.44. The van der Waals surface area contributed by atoms with Crippen molar-refractivity contribution in [3.63, 3.8) is 0 Å². The topological polar surface area (TPSA) is 58.6 Å². The predicted molar refractivity (Wildman–Crippen MR) is 65.4 cm³/mol. The van der Waals surface area contributed by atoms with E-state index in [1.54, 1.807) is 7.11 Å². The number of carboxylic acid groups (broad SMARTS) is 1. The molecule has 1 aromatic carbocycles. The molecule has 1 aliphatic carbocycles. The third kappa shape index (κ3) is 2.84. The number of ether oxygens (including phenoxy) is 1. The fourth-order valence-corrected chi connectivity index (χ4v) is 2.39. The summed E-state index contributed by atoms with van der Waals surface area (Å²) in [6.45, 7) is 0. The van der Waals surface area contributed by atoms with Gasteiger partial charge in [0.25, 0.3) is 0 Å². The number of benzene rings is 1. The van der Waals surface area contributed by atoms with E-state index >= 15 is 0 Å². The Hall–Kier alpha value is -1.69. The summed E-state index contributed by atoms with van der Waals surface area (Å²) in [4.78, 5) is 10.7. The fraction of sp³-hybridized carbons (Fsp3) is 0.462. The van der Waals surface area contributed by atoms with Gasteiger partial charge in [-0.2, -0.15) is 0 Å². The minimum Gasteiger partial charge on any atom is -0.478 e. The van der Waals surface area contributed by atoms with Gasteiger partial charge in [0, 0.05) is 7.11 Å². The van der Waals surface area contributed by atoms with E-state index in [0.29, 0.717) is 0 Å². The number of carbonyl (C=O) groups is 1. The maximum absolute atomic E-state index is 13.7. The van der Waals surface area contributed by atoms with Crippen LogP contribution in [0.1, 0.15) is 29.6 Å². The van der Waals surface area contributed by atoms with Gasteiger partial charge in [-0.25, -0.2) is 13.6 Å². The maximum Gasteiger partial charge on any atom is 0.335 e. The second-order valence-corrected chi connectivity index (χ2v) is 4.58. The molecule has 0 heterocycles. The van der Waals surface area contributed by atoms with Crippen LogP contribution in [0.2, 0.25) is 0 Å². The first-order chi connectivity index (χ1) is 9.02. The van der Waals surface area contributed by atoms with E-state index in [9.17, 15) is 13.6 Å². The quantitative estimate of drug-likeness (QED) is 0.883. The lowest BCUT2D eigenvalue weighted by Crippen LogP contribution is -2.30. The summed E-state index contributed by atoms with van der Waals surface area (Å²) in [5.41, 5.74) is -0.700. The minimum absolute atomic E-state index is 0.0852. The van der Waals surface area contributed by atoms with Crippen LogP contribution in [0.25, 0.3) is 0 Å². The number of rotatable bonds is 4. The second-order valence-electron chi connectivity index (χ2n) is 4.58. The van der Waals surface area contributed by atoms with Crippen LogP contribution >= 0.6 is 0 Å². The SMILES string of the molecule is COC1CCCC1Nc1c(F)cc(C(=O)O)cc1F. The Balaban J connectivity index is 2.23. The largest absolute Gasteiger partial charge is 0.478 e. The van der Waals surface area contributed by atoms with Gasteiger partial charge in [0.2, 0.25) is 0 Å². The van der Waals surface area contributed by atoms with Crippen LogP contribution in [-0.4, -0.2) is 30.3 Å². The number of nitrogens with one attached hydrogen (secondary N) is 1. The highest BCUT2D eigenvalue weighted by atomic mass is 19.1. The molecule has 6 heteroatoms. The molecule has 0 aliphatic heterocycles. The van der Waals surface area contributed by atoms with E-state index < -0.39 is 23.2 Å². The Labute approximate surface area is 109 Å². The summed E-state index contributed by atoms with van der Waals surface area (Å²) < 4.78 is 32.7. The van der Waals surface area contributed by atoms with Crippen LogP contribution in [0, 0.1) is 11.6 Å². The summed E-state index contributed by atoms with van der Waals surface area (Å²) >= 11 is 0. The lowest BCUT2D eigenvalue weighted by atomic mass is 10.1. The zero-order valence-corrected chi connectivity index (χ0v) is 10.5. The number of anilines is 1. The Morgan fingerprint density at radius 2 is 2.00 bits per heavy atom. The van der Waals surface area contributed by atoms with E-state index in [2.05, 4.69) is 5.32 Å². The van der Waals surface area contributed by atoms with Crippen molar-refractivity contribution in [3.05, 3.63) is 29.3 Å². The lowest BCUT2D eigenvalue weighted by Gasteiger charge is -2.21. The number of carboxylic acids is 1. The van der Waals surface area contributed by atoms with Gasteiger partial charge in [-0.15, -0.1) is 0 Å². The van der Waals surface area contributed by atoms with Gasteiger partial charge in [-0.3, -0.25) is 0 Å². The molecule has 4 nitrogen and oxygen atoms in total. The molecule has 2 rings (SSSR count). The molecule has 2 N–H and O–H groups in total. The molecular formula is C13H15F2NO3. The van der Waals surface area contributed by atoms with Crippen molar-refractivity contribution < 1.29 is 23.4 Å². The van der Waals surface area contributed by atoms with Crippen molar-refractivity contribution in [1.29, 1.82) is 0 Å². The van der Waals surface area contributed by atoms with Crippen molar-refractivity contribution in [1.82, 2.24) is 0 Å². The average Bonchev–Trinajstić information content (AvgIpc) is 2.80. The van der Waals surface area contributed by atoms with Gasteiger partial charge >= 0.3 is 5.97 Å². The van der Waals surface area contributed by atoms with Crippen LogP contribution in [0.5, 0.6) is 0 Å². The molecule has 104 valence electrons. The molecule has 0 amide bonds. The number of hydrogen-bond acceptors (Lipinski definition) is 3. The standard InChI is InChI=1S/C13H15F2NO3/c1-19-11-4-2-3-10(11)16-12-8(14)5-7(13(17)18)6-9(12)15/h5-6,10-11,16H,2-4H2,1H3,(H,17,18). The van der Waals surface area contributed by atoms with E-state index in [0.717, 1.165) is 31.4 Å². The molecule has 0 saturated heterocycles. The van der Waals surface area contributed by atoms with Crippen molar-refractivity contribution in [2.75, 3.05) is 12.4 Å². The van der Waals surface area contributed by atoms with E-state index in [-0.39, 0.29) is 17.8 Å². The molecule has 1 saturated carbocycles. The first-order valence-electron chi connectivity index (χ1n) is 6.04. The van der Waals surface area contributed by atoms with Gasteiger partial charge in [0.15, 0.2) is 0 Å². The zero-order valence-electron chi connectivity index (χ0n) is 10.5. The smallest absolute Gasteiger partial charge is 0.335 e. The van der Waals surface area contributed by atoms with Crippen molar-refractivity contribution in [3.8, 4) is 0 Å². The molecule has 1 aromatic rings. The van der Waals surface area contributed by atoms with Crippen LogP contribution in [0.3, 0.4) is 0 Å². The molecule has 1 aliphatic rings. The normalized spacial score (nSPS) is 22.5. The Morgan fingerprint density at radius 1 is 1.37 bits per heavy atom. The van der Waals surface area contributed by atoms with Crippen molar-refractivity contribution in [2.24, 2.45) is 0 Å². The fourth-order valence-electron chi connectivity index (χ4n) is 2.39. The summed E-state index contributed by atoms with van der Waals surface area (Å²) in [5.74, 6) is -3.17. The molecule has 1 fully saturated rings. The molecule has 19 heavy (non-hydrogen) atoms. The number of methoxy groups -OCH3 is 1. The number of aromatic carboxylic acids is 1. The highest BCUT2D eigenvalue weighted by molar-refractivity contribution is 5.88. The highest BCUT2D eigenvalue weighted by Crippen LogP contribution is 2.28. The molecule has 0 radical (unpaired) electrons. The van der Waals surface area contributed by atoms with Crippen molar-refractivity contribution >= 4 is 11.7 Å². The Bertz CT molecular complexity index is 470. The second kappa shape index (κ2) is 5.52. The molecule has 0 aromatic heterocycles. The zero-order chi connectivity index (χ0) is 14.0. The molecule has 2 atom stereocenters. The highest BCUT2D eigenvalue weighted by Gasteiger charge is 2.28. The molecule has 0 spiro atoms. The lowest BCUT2D eigenvalue weighted by molar-refractivity contribution is 0.0695. The van der Waals surface area contributed by atoms with E-state index in [1.165, 1.54) is 0 Å². The van der Waals surface area contributed by atoms with Gasteiger partial charge in [-0.05, 0) is 31.4 Å². The van der Waals surface area contributed by atoms with Gasteiger partial charge < -0.3 is 15.2 Å². The van der Waals surface area contributed by atoms with Crippen molar-refractivity contribution in [2.45, 2.75) is 31.4 Å². The third-order valence-electron chi connectivity index (χ3n) is 3.37. The van der Waals surface area contributed by atoms with Gasteiger partial charge in [-0.1, -0.05) is 0 Å². The Morgan fingerprint density at radius 3 is 2.53 bits per heavy atom. The molecular weight excluding hydrogens is 256 g/mol. The maximum atomic E-state index is 13.7. The average molecular weight is 271 g/mol. The van der Waals surface area contributed by atoms with Crippen LogP contribution in [-0.2, 0) is 4.74 Å². The predicted octanol–water partition coefficient (Wildman–Crippen LogP) is 2.64. The van der Waals surface area contributed by atoms with Gasteiger partial charge in [0.05, 0.1) is 17.7 Å².